The summed E-state index contributed by atoms with van der Waals surface area (Å²) in [5.74, 6) is -0.456. The first-order chi connectivity index (χ1) is 10.7. The van der Waals surface area contributed by atoms with Gasteiger partial charge in [-0.1, -0.05) is 30.3 Å². The van der Waals surface area contributed by atoms with Gasteiger partial charge in [0, 0.05) is 18.5 Å². The number of carboxylic acids is 1. The monoisotopic (exact) mass is 297 g/mol. The molecule has 7 heteroatoms. The Morgan fingerprint density at radius 1 is 1.23 bits per heavy atom. The quantitative estimate of drug-likeness (QED) is 0.745. The molecule has 0 saturated heterocycles. The van der Waals surface area contributed by atoms with Crippen molar-refractivity contribution in [2.75, 3.05) is 5.73 Å². The van der Waals surface area contributed by atoms with E-state index in [1.807, 2.05) is 30.3 Å². The number of carbonyl (C=O) groups is 1. The molecule has 7 nitrogen and oxygen atoms in total. The molecule has 0 aliphatic heterocycles. The second-order valence-corrected chi connectivity index (χ2v) is 4.89. The molecule has 0 atom stereocenters. The van der Waals surface area contributed by atoms with E-state index in [0.29, 0.717) is 35.5 Å². The van der Waals surface area contributed by atoms with E-state index >= 15 is 0 Å². The van der Waals surface area contributed by atoms with Gasteiger partial charge >= 0.3 is 5.97 Å². The molecule has 0 bridgehead atoms. The molecule has 22 heavy (non-hydrogen) atoms. The summed E-state index contributed by atoms with van der Waals surface area (Å²) in [5.41, 5.74) is 8.24. The van der Waals surface area contributed by atoms with Gasteiger partial charge in [-0.15, -0.1) is 0 Å². The van der Waals surface area contributed by atoms with Gasteiger partial charge in [-0.2, -0.15) is 5.10 Å². The highest BCUT2D eigenvalue weighted by Gasteiger charge is 2.16. The van der Waals surface area contributed by atoms with E-state index in [2.05, 4.69) is 15.1 Å². The second kappa shape index (κ2) is 5.80. The maximum atomic E-state index is 10.7. The molecule has 0 spiro atoms. The minimum atomic E-state index is -0.825. The van der Waals surface area contributed by atoms with E-state index in [9.17, 15) is 4.79 Å². The lowest BCUT2D eigenvalue weighted by atomic mass is 10.1. The Hall–Kier alpha value is -2.96. The average molecular weight is 297 g/mol. The number of benzene rings is 1. The van der Waals surface area contributed by atoms with E-state index in [4.69, 9.17) is 10.8 Å². The lowest BCUT2D eigenvalue weighted by molar-refractivity contribution is -0.137. The zero-order chi connectivity index (χ0) is 15.5. The van der Waals surface area contributed by atoms with Crippen LogP contribution in [0.25, 0.3) is 22.3 Å². The number of aryl methyl sites for hydroxylation is 1. The highest BCUT2D eigenvalue weighted by molar-refractivity contribution is 5.98. The van der Waals surface area contributed by atoms with Crippen molar-refractivity contribution in [3.8, 4) is 11.3 Å². The molecule has 0 aliphatic carbocycles. The molecule has 112 valence electrons. The smallest absolute Gasteiger partial charge is 0.303 e. The molecule has 0 saturated carbocycles. The van der Waals surface area contributed by atoms with Crippen LogP contribution in [0.15, 0.2) is 36.7 Å². The van der Waals surface area contributed by atoms with Crippen molar-refractivity contribution in [1.29, 1.82) is 0 Å². The zero-order valence-electron chi connectivity index (χ0n) is 11.8. The minimum absolute atomic E-state index is 0.0859. The molecule has 1 aromatic carbocycles. The fourth-order valence-electron chi connectivity index (χ4n) is 2.36. The fourth-order valence-corrected chi connectivity index (χ4v) is 2.36. The summed E-state index contributed by atoms with van der Waals surface area (Å²) < 4.78 is 1.69. The van der Waals surface area contributed by atoms with Gasteiger partial charge in [-0.3, -0.25) is 4.79 Å². The van der Waals surface area contributed by atoms with Crippen LogP contribution in [0.3, 0.4) is 0 Å². The third kappa shape index (κ3) is 2.60. The highest BCUT2D eigenvalue weighted by Crippen LogP contribution is 2.29. The van der Waals surface area contributed by atoms with Crippen LogP contribution in [0.1, 0.15) is 12.8 Å². The summed E-state index contributed by atoms with van der Waals surface area (Å²) in [6.07, 6.45) is 1.95. The summed E-state index contributed by atoms with van der Waals surface area (Å²) in [4.78, 5) is 18.9. The minimum Gasteiger partial charge on any atom is -0.481 e. The van der Waals surface area contributed by atoms with Crippen molar-refractivity contribution < 1.29 is 9.90 Å². The van der Waals surface area contributed by atoms with Gasteiger partial charge in [0.25, 0.3) is 0 Å². The van der Waals surface area contributed by atoms with Crippen molar-refractivity contribution in [2.45, 2.75) is 19.4 Å². The van der Waals surface area contributed by atoms with Gasteiger partial charge in [-0.05, 0) is 6.42 Å². The van der Waals surface area contributed by atoms with Crippen LogP contribution in [-0.4, -0.2) is 30.8 Å². The summed E-state index contributed by atoms with van der Waals surface area (Å²) in [6.45, 7) is 0.464. The van der Waals surface area contributed by atoms with Crippen molar-refractivity contribution in [3.05, 3.63) is 36.7 Å². The third-order valence-electron chi connectivity index (χ3n) is 3.37. The Balaban J connectivity index is 2.07. The number of nitrogens with two attached hydrogens (primary N) is 1. The lowest BCUT2D eigenvalue weighted by Gasteiger charge is -2.00. The number of hydrogen-bond donors (Lipinski definition) is 2. The van der Waals surface area contributed by atoms with Gasteiger partial charge < -0.3 is 10.8 Å². The van der Waals surface area contributed by atoms with Crippen LogP contribution < -0.4 is 5.73 Å². The molecule has 0 amide bonds. The number of nitrogens with zero attached hydrogens (tertiary/aromatic N) is 4. The SMILES string of the molecule is Nc1ncnc2c1c(-c1ccccc1)nn2CCCC(=O)O. The standard InChI is InChI=1S/C15H15N5O2/c16-14-12-13(10-5-2-1-3-6-10)19-20(8-4-7-11(21)22)15(12)18-9-17-14/h1-3,5-6,9H,4,7-8H2,(H,21,22)(H2,16,17,18). The predicted molar refractivity (Wildman–Crippen MR) is 82.0 cm³/mol. The Morgan fingerprint density at radius 2 is 2.00 bits per heavy atom. The van der Waals surface area contributed by atoms with E-state index in [1.165, 1.54) is 6.33 Å². The third-order valence-corrected chi connectivity index (χ3v) is 3.37. The first kappa shape index (κ1) is 14.0. The van der Waals surface area contributed by atoms with Crippen LogP contribution in [0, 0.1) is 0 Å². The number of carboxylic acid groups (broad SMARTS) is 1. The lowest BCUT2D eigenvalue weighted by Crippen LogP contribution is -2.04. The first-order valence-corrected chi connectivity index (χ1v) is 6.91. The molecule has 0 fully saturated rings. The Bertz CT molecular complexity index is 813. The van der Waals surface area contributed by atoms with Crippen LogP contribution in [0.5, 0.6) is 0 Å². The van der Waals surface area contributed by atoms with Crippen molar-refractivity contribution in [3.63, 3.8) is 0 Å². The first-order valence-electron chi connectivity index (χ1n) is 6.91. The molecular weight excluding hydrogens is 282 g/mol. The molecule has 3 rings (SSSR count). The zero-order valence-corrected chi connectivity index (χ0v) is 11.8. The molecule has 2 aromatic heterocycles. The summed E-state index contributed by atoms with van der Waals surface area (Å²) in [5, 5.41) is 14.0. The van der Waals surface area contributed by atoms with Crippen LogP contribution in [0.2, 0.25) is 0 Å². The van der Waals surface area contributed by atoms with Gasteiger partial charge in [0.2, 0.25) is 0 Å². The molecule has 0 unspecified atom stereocenters. The number of anilines is 1. The van der Waals surface area contributed by atoms with Crippen molar-refractivity contribution in [1.82, 2.24) is 19.7 Å². The summed E-state index contributed by atoms with van der Waals surface area (Å²) in [6, 6.07) is 9.65. The summed E-state index contributed by atoms with van der Waals surface area (Å²) in [7, 11) is 0. The van der Waals surface area contributed by atoms with Gasteiger partial charge in [0.05, 0.1) is 5.39 Å². The van der Waals surface area contributed by atoms with Gasteiger partial charge in [0.1, 0.15) is 17.8 Å². The molecule has 3 N–H and O–H groups in total. The van der Waals surface area contributed by atoms with Crippen LogP contribution in [0.4, 0.5) is 5.82 Å². The Kier molecular flexibility index (Phi) is 3.69. The fraction of sp³-hybridized carbons (Fsp3) is 0.200. The van der Waals surface area contributed by atoms with Crippen molar-refractivity contribution >= 4 is 22.8 Å². The van der Waals surface area contributed by atoms with Gasteiger partial charge in [-0.25, -0.2) is 14.6 Å². The predicted octanol–water partition coefficient (Wildman–Crippen LogP) is 1.94. The number of aromatic nitrogens is 4. The van der Waals surface area contributed by atoms with E-state index in [-0.39, 0.29) is 6.42 Å². The van der Waals surface area contributed by atoms with Crippen LogP contribution >= 0.6 is 0 Å². The molecule has 0 radical (unpaired) electrons. The maximum Gasteiger partial charge on any atom is 0.303 e. The maximum absolute atomic E-state index is 10.7. The molecule has 3 aromatic rings. The number of rotatable bonds is 5. The number of nitrogen functional groups attached to an aromatic ring is 1. The van der Waals surface area contributed by atoms with E-state index < -0.39 is 5.97 Å². The van der Waals surface area contributed by atoms with Gasteiger partial charge in [0.15, 0.2) is 5.65 Å². The average Bonchev–Trinajstić information content (AvgIpc) is 2.88. The number of hydrogen-bond acceptors (Lipinski definition) is 5. The van der Waals surface area contributed by atoms with E-state index in [1.54, 1.807) is 4.68 Å². The van der Waals surface area contributed by atoms with E-state index in [0.717, 1.165) is 5.56 Å². The largest absolute Gasteiger partial charge is 0.481 e. The number of aliphatic carboxylic acids is 1. The summed E-state index contributed by atoms with van der Waals surface area (Å²) >= 11 is 0. The van der Waals surface area contributed by atoms with Crippen molar-refractivity contribution in [2.24, 2.45) is 0 Å². The highest BCUT2D eigenvalue weighted by atomic mass is 16.4. The second-order valence-electron chi connectivity index (χ2n) is 4.89. The molecule has 0 aliphatic rings. The topological polar surface area (TPSA) is 107 Å². The van der Waals surface area contributed by atoms with Crippen LogP contribution in [-0.2, 0) is 11.3 Å². The molecule has 2 heterocycles. The Labute approximate surface area is 126 Å². The normalized spacial score (nSPS) is 10.9. The Morgan fingerprint density at radius 3 is 2.73 bits per heavy atom. The number of fused-ring (bicyclic) bond motifs is 1. The molecular formula is C15H15N5O2.